The second kappa shape index (κ2) is 8.43. The molecule has 0 atom stereocenters. The van der Waals surface area contributed by atoms with Gasteiger partial charge in [-0.15, -0.1) is 0 Å². The predicted octanol–water partition coefficient (Wildman–Crippen LogP) is 3.49. The lowest BCUT2D eigenvalue weighted by Crippen LogP contribution is -2.24. The van der Waals surface area contributed by atoms with Crippen LogP contribution in [-0.2, 0) is 17.9 Å². The minimum atomic E-state index is -0.0874. The van der Waals surface area contributed by atoms with Crippen molar-refractivity contribution in [2.24, 2.45) is 0 Å². The zero-order valence-electron chi connectivity index (χ0n) is 14.9. The van der Waals surface area contributed by atoms with Crippen LogP contribution in [0.3, 0.4) is 0 Å². The summed E-state index contributed by atoms with van der Waals surface area (Å²) < 4.78 is 2.32. The molecule has 1 heterocycles. The third-order valence-corrected chi connectivity index (χ3v) is 4.45. The number of carbonyl (C=O) groups is 1. The van der Waals surface area contributed by atoms with Gasteiger partial charge in [0.2, 0.25) is 5.91 Å². The van der Waals surface area contributed by atoms with E-state index in [4.69, 9.17) is 17.5 Å². The lowest BCUT2D eigenvalue weighted by Gasteiger charge is -2.09. The van der Waals surface area contributed by atoms with Gasteiger partial charge in [0.1, 0.15) is 0 Å². The highest BCUT2D eigenvalue weighted by molar-refractivity contribution is 7.71. The first-order chi connectivity index (χ1) is 13.1. The maximum Gasteiger partial charge on any atom is 0.222 e. The van der Waals surface area contributed by atoms with E-state index in [1.807, 2.05) is 41.8 Å². The highest BCUT2D eigenvalue weighted by atomic mass is 32.1. The Labute approximate surface area is 162 Å². The highest BCUT2D eigenvalue weighted by Crippen LogP contribution is 2.18. The number of carbonyl (C=O) groups excluding carboxylic acids is 1. The molecule has 136 valence electrons. The number of aryl methyl sites for hydroxylation is 1. The van der Waals surface area contributed by atoms with Gasteiger partial charge in [-0.25, -0.2) is 0 Å². The lowest BCUT2D eigenvalue weighted by molar-refractivity contribution is -0.121. The summed E-state index contributed by atoms with van der Waals surface area (Å²) in [5.41, 5.74) is 3.55. The van der Waals surface area contributed by atoms with E-state index in [1.54, 1.807) is 18.2 Å². The highest BCUT2D eigenvalue weighted by Gasteiger charge is 2.11. The summed E-state index contributed by atoms with van der Waals surface area (Å²) in [7, 11) is 0. The van der Waals surface area contributed by atoms with E-state index >= 15 is 0 Å². The number of hydrogen-bond acceptors (Lipinski definition) is 4. The van der Waals surface area contributed by atoms with Crippen LogP contribution in [0.5, 0.6) is 0 Å². The molecule has 0 unspecified atom stereocenters. The van der Waals surface area contributed by atoms with E-state index in [9.17, 15) is 4.79 Å². The number of aromatic nitrogens is 3. The average molecular weight is 377 g/mol. The van der Waals surface area contributed by atoms with E-state index in [0.29, 0.717) is 23.4 Å². The van der Waals surface area contributed by atoms with Crippen LogP contribution in [0.1, 0.15) is 23.1 Å². The molecular formula is C20H19N5OS. The van der Waals surface area contributed by atoms with Crippen LogP contribution in [0.2, 0.25) is 0 Å². The zero-order valence-corrected chi connectivity index (χ0v) is 15.7. The van der Waals surface area contributed by atoms with Crippen molar-refractivity contribution < 1.29 is 4.79 Å². The standard InChI is InChI=1S/C20H19N5OS/c1-14-4-2-7-17(10-14)19-23-24-20(27)25(19)9-8-18(26)22-13-16-6-3-5-15(11-16)12-21/h2-7,10-11H,8-9,13H2,1H3,(H,22,26)(H,24,27). The summed E-state index contributed by atoms with van der Waals surface area (Å²) in [6.45, 7) is 2.84. The number of nitrogens with zero attached hydrogens (tertiary/aromatic N) is 3. The van der Waals surface area contributed by atoms with Gasteiger partial charge >= 0.3 is 0 Å². The van der Waals surface area contributed by atoms with Crippen LogP contribution in [0.4, 0.5) is 0 Å². The fraction of sp³-hybridized carbons (Fsp3) is 0.200. The monoisotopic (exact) mass is 377 g/mol. The van der Waals surface area contributed by atoms with Crippen molar-refractivity contribution in [1.82, 2.24) is 20.1 Å². The molecule has 0 fully saturated rings. The van der Waals surface area contributed by atoms with Crippen molar-refractivity contribution in [2.45, 2.75) is 26.4 Å². The van der Waals surface area contributed by atoms with E-state index in [0.717, 1.165) is 22.5 Å². The van der Waals surface area contributed by atoms with E-state index in [2.05, 4.69) is 21.6 Å². The molecule has 0 spiro atoms. The quantitative estimate of drug-likeness (QED) is 0.644. The van der Waals surface area contributed by atoms with Crippen LogP contribution >= 0.6 is 12.2 Å². The Balaban J connectivity index is 1.63. The van der Waals surface area contributed by atoms with Gasteiger partial charge in [0, 0.05) is 25.1 Å². The predicted molar refractivity (Wildman–Crippen MR) is 105 cm³/mol. The van der Waals surface area contributed by atoms with Crippen LogP contribution in [0, 0.1) is 23.0 Å². The normalized spacial score (nSPS) is 10.4. The Bertz CT molecular complexity index is 1060. The van der Waals surface area contributed by atoms with Gasteiger partial charge in [0.25, 0.3) is 0 Å². The number of nitriles is 1. The maximum atomic E-state index is 12.2. The summed E-state index contributed by atoms with van der Waals surface area (Å²) in [5.74, 6) is 0.633. The Kier molecular flexibility index (Phi) is 5.79. The fourth-order valence-corrected chi connectivity index (χ4v) is 3.01. The summed E-state index contributed by atoms with van der Waals surface area (Å²) in [4.78, 5) is 12.2. The van der Waals surface area contributed by atoms with Gasteiger partial charge in [0.15, 0.2) is 10.6 Å². The number of hydrogen-bond donors (Lipinski definition) is 2. The molecule has 3 aromatic rings. The number of nitrogens with one attached hydrogen (secondary N) is 2. The first-order valence-electron chi connectivity index (χ1n) is 8.55. The lowest BCUT2D eigenvalue weighted by atomic mass is 10.1. The molecule has 0 saturated carbocycles. The first kappa shape index (κ1) is 18.5. The second-order valence-electron chi connectivity index (χ2n) is 6.21. The van der Waals surface area contributed by atoms with Gasteiger partial charge < -0.3 is 5.32 Å². The molecule has 3 rings (SSSR count). The smallest absolute Gasteiger partial charge is 0.222 e. The summed E-state index contributed by atoms with van der Waals surface area (Å²) in [6, 6.07) is 17.3. The summed E-state index contributed by atoms with van der Waals surface area (Å²) in [6.07, 6.45) is 0.282. The molecule has 2 aromatic carbocycles. The van der Waals surface area contributed by atoms with E-state index in [1.165, 1.54) is 0 Å². The molecule has 0 aliphatic carbocycles. The van der Waals surface area contributed by atoms with Crippen LogP contribution in [0.25, 0.3) is 11.4 Å². The third kappa shape index (κ3) is 4.68. The topological polar surface area (TPSA) is 86.5 Å². The molecule has 1 amide bonds. The van der Waals surface area contributed by atoms with Gasteiger partial charge in [-0.2, -0.15) is 10.4 Å². The third-order valence-electron chi connectivity index (χ3n) is 4.14. The Morgan fingerprint density at radius 2 is 2.11 bits per heavy atom. The molecule has 1 aromatic heterocycles. The largest absolute Gasteiger partial charge is 0.352 e. The molecule has 6 nitrogen and oxygen atoms in total. The molecule has 0 bridgehead atoms. The molecule has 0 radical (unpaired) electrons. The minimum Gasteiger partial charge on any atom is -0.352 e. The number of benzene rings is 2. The van der Waals surface area contributed by atoms with E-state index in [-0.39, 0.29) is 12.3 Å². The number of H-pyrrole nitrogens is 1. The van der Waals surface area contributed by atoms with Crippen molar-refractivity contribution in [3.63, 3.8) is 0 Å². The van der Waals surface area contributed by atoms with Gasteiger partial charge in [-0.05, 0) is 42.9 Å². The zero-order chi connectivity index (χ0) is 19.2. The Morgan fingerprint density at radius 1 is 1.30 bits per heavy atom. The van der Waals surface area contributed by atoms with Crippen molar-refractivity contribution in [3.05, 3.63) is 70.0 Å². The summed E-state index contributed by atoms with van der Waals surface area (Å²) >= 11 is 5.31. The van der Waals surface area contributed by atoms with Gasteiger partial charge in [0.05, 0.1) is 11.6 Å². The number of rotatable bonds is 6. The fourth-order valence-electron chi connectivity index (χ4n) is 2.78. The number of amides is 1. The molecule has 0 aliphatic heterocycles. The van der Waals surface area contributed by atoms with Crippen molar-refractivity contribution in [3.8, 4) is 17.5 Å². The maximum absolute atomic E-state index is 12.2. The van der Waals surface area contributed by atoms with E-state index < -0.39 is 0 Å². The number of aromatic amines is 1. The first-order valence-corrected chi connectivity index (χ1v) is 8.95. The van der Waals surface area contributed by atoms with Crippen LogP contribution in [0.15, 0.2) is 48.5 Å². The van der Waals surface area contributed by atoms with Crippen LogP contribution in [-0.4, -0.2) is 20.7 Å². The molecule has 2 N–H and O–H groups in total. The summed E-state index contributed by atoms with van der Waals surface area (Å²) in [5, 5.41) is 18.9. The minimum absolute atomic E-state index is 0.0874. The van der Waals surface area contributed by atoms with Gasteiger partial charge in [-0.1, -0.05) is 35.9 Å². The SMILES string of the molecule is Cc1cccc(-c2n[nH]c(=S)n2CCC(=O)NCc2cccc(C#N)c2)c1. The van der Waals surface area contributed by atoms with Crippen molar-refractivity contribution >= 4 is 18.1 Å². The molecule has 7 heteroatoms. The molecular weight excluding hydrogens is 358 g/mol. The Hall–Kier alpha value is -3.24. The Morgan fingerprint density at radius 3 is 2.89 bits per heavy atom. The van der Waals surface area contributed by atoms with Crippen molar-refractivity contribution in [2.75, 3.05) is 0 Å². The van der Waals surface area contributed by atoms with Crippen LogP contribution < -0.4 is 5.32 Å². The van der Waals surface area contributed by atoms with Gasteiger partial charge in [-0.3, -0.25) is 14.5 Å². The molecule has 0 aliphatic rings. The molecule has 0 saturated heterocycles. The second-order valence-corrected chi connectivity index (χ2v) is 6.60. The average Bonchev–Trinajstić information content (AvgIpc) is 3.05. The van der Waals surface area contributed by atoms with Crippen molar-refractivity contribution in [1.29, 1.82) is 5.26 Å². The molecule has 27 heavy (non-hydrogen) atoms.